The maximum absolute atomic E-state index is 12.9. The van der Waals surface area contributed by atoms with E-state index >= 15 is 0 Å². The summed E-state index contributed by atoms with van der Waals surface area (Å²) in [5.41, 5.74) is 0. The molecule has 0 heterocycles. The first kappa shape index (κ1) is 58.2. The van der Waals surface area contributed by atoms with E-state index in [0.717, 1.165) is 38.5 Å². The second-order valence-electron chi connectivity index (χ2n) is 18.9. The van der Waals surface area contributed by atoms with Crippen LogP contribution in [0.3, 0.4) is 0 Å². The van der Waals surface area contributed by atoms with Gasteiger partial charge in [0.1, 0.15) is 13.2 Å². The van der Waals surface area contributed by atoms with E-state index < -0.39 is 20.0 Å². The lowest BCUT2D eigenvalue weighted by molar-refractivity contribution is -0.870. The maximum atomic E-state index is 12.9. The molecule has 0 aliphatic carbocycles. The van der Waals surface area contributed by atoms with E-state index in [4.69, 9.17) is 9.05 Å². The number of amides is 1. The number of hydrogen-bond acceptors (Lipinski definition) is 6. The van der Waals surface area contributed by atoms with E-state index in [0.29, 0.717) is 17.4 Å². The fraction of sp³-hybridized carbons (Fsp3) is 0.940. The zero-order valence-electron chi connectivity index (χ0n) is 40.0. The summed E-state index contributed by atoms with van der Waals surface area (Å²) in [5, 5.41) is 13.7. The summed E-state index contributed by atoms with van der Waals surface area (Å²) >= 11 is 0. The van der Waals surface area contributed by atoms with Crippen LogP contribution < -0.4 is 10.2 Å². The first-order valence-corrected chi connectivity index (χ1v) is 27.0. The topological polar surface area (TPSA) is 108 Å². The van der Waals surface area contributed by atoms with E-state index in [1.807, 2.05) is 27.2 Å². The lowest BCUT2D eigenvalue weighted by Crippen LogP contribution is -2.45. The van der Waals surface area contributed by atoms with Crippen LogP contribution in [0.25, 0.3) is 0 Å². The number of nitrogens with one attached hydrogen (secondary N) is 1. The number of unbranched alkanes of at least 4 members (excludes halogenated alkanes) is 34. The minimum Gasteiger partial charge on any atom is -0.756 e. The van der Waals surface area contributed by atoms with Gasteiger partial charge < -0.3 is 28.8 Å². The zero-order chi connectivity index (χ0) is 43.6. The van der Waals surface area contributed by atoms with Crippen LogP contribution in [0.15, 0.2) is 12.2 Å². The van der Waals surface area contributed by atoms with Crippen LogP contribution in [0, 0.1) is 0 Å². The summed E-state index contributed by atoms with van der Waals surface area (Å²) in [6.07, 6.45) is 50.1. The Labute approximate surface area is 367 Å². The number of phosphoric acid groups is 1. The van der Waals surface area contributed by atoms with Gasteiger partial charge in [-0.3, -0.25) is 9.36 Å². The molecule has 0 aliphatic heterocycles. The molecule has 0 radical (unpaired) electrons. The molecule has 1 amide bonds. The Morgan fingerprint density at radius 2 is 0.915 bits per heavy atom. The lowest BCUT2D eigenvalue weighted by atomic mass is 10.0. The van der Waals surface area contributed by atoms with Crippen molar-refractivity contribution in [2.24, 2.45) is 0 Å². The lowest BCUT2D eigenvalue weighted by Gasteiger charge is -2.29. The molecule has 352 valence electrons. The first-order valence-electron chi connectivity index (χ1n) is 25.6. The number of likely N-dealkylation sites (N-methyl/N-ethyl adjacent to an activating group) is 1. The Morgan fingerprint density at radius 3 is 1.27 bits per heavy atom. The second kappa shape index (κ2) is 42.5. The fourth-order valence-corrected chi connectivity index (χ4v) is 8.41. The third kappa shape index (κ3) is 45.1. The Morgan fingerprint density at radius 1 is 0.576 bits per heavy atom. The molecule has 0 rings (SSSR count). The minimum absolute atomic E-state index is 0.00184. The molecule has 2 N–H and O–H groups in total. The van der Waals surface area contributed by atoms with Gasteiger partial charge in [-0.2, -0.15) is 0 Å². The van der Waals surface area contributed by atoms with Crippen molar-refractivity contribution in [1.29, 1.82) is 0 Å². The Balaban J connectivity index is 3.99. The van der Waals surface area contributed by atoms with Gasteiger partial charge in [0.25, 0.3) is 7.82 Å². The van der Waals surface area contributed by atoms with Gasteiger partial charge in [0.15, 0.2) is 0 Å². The summed E-state index contributed by atoms with van der Waals surface area (Å²) in [4.78, 5) is 25.3. The number of nitrogens with zero attached hydrogens (tertiary/aromatic N) is 1. The van der Waals surface area contributed by atoms with Gasteiger partial charge in [-0.25, -0.2) is 0 Å². The van der Waals surface area contributed by atoms with E-state index in [2.05, 4.69) is 19.2 Å². The Hall–Kier alpha value is -0.760. The molecular formula is C50H101N2O6P. The highest BCUT2D eigenvalue weighted by Gasteiger charge is 2.23. The molecule has 0 aromatic carbocycles. The molecule has 9 heteroatoms. The number of allylic oxidation sites excluding steroid dienone is 1. The van der Waals surface area contributed by atoms with Crippen molar-refractivity contribution in [3.63, 3.8) is 0 Å². The van der Waals surface area contributed by atoms with Gasteiger partial charge in [0.2, 0.25) is 5.91 Å². The van der Waals surface area contributed by atoms with Crippen LogP contribution in [-0.4, -0.2) is 68.5 Å². The van der Waals surface area contributed by atoms with Crippen LogP contribution >= 0.6 is 7.82 Å². The van der Waals surface area contributed by atoms with Gasteiger partial charge in [-0.05, 0) is 19.3 Å². The molecule has 0 saturated carbocycles. The van der Waals surface area contributed by atoms with Crippen molar-refractivity contribution in [2.75, 3.05) is 40.9 Å². The second-order valence-corrected chi connectivity index (χ2v) is 20.3. The number of quaternary nitrogens is 1. The molecule has 3 atom stereocenters. The summed E-state index contributed by atoms with van der Waals surface area (Å²) in [6, 6.07) is -0.879. The molecule has 0 fully saturated rings. The van der Waals surface area contributed by atoms with Crippen molar-refractivity contribution in [3.05, 3.63) is 12.2 Å². The first-order chi connectivity index (χ1) is 28.5. The monoisotopic (exact) mass is 857 g/mol. The number of aliphatic hydroxyl groups excluding tert-OH is 1. The number of phosphoric ester groups is 1. The number of hydrogen-bond donors (Lipinski definition) is 2. The van der Waals surface area contributed by atoms with Crippen molar-refractivity contribution < 1.29 is 32.9 Å². The van der Waals surface area contributed by atoms with Gasteiger partial charge in [-0.15, -0.1) is 0 Å². The molecule has 0 aromatic heterocycles. The summed E-state index contributed by atoms with van der Waals surface area (Å²) < 4.78 is 23.2. The van der Waals surface area contributed by atoms with Crippen LogP contribution in [0.4, 0.5) is 0 Å². The quantitative estimate of drug-likeness (QED) is 0.0273. The van der Waals surface area contributed by atoms with Gasteiger partial charge in [0.05, 0.1) is 39.9 Å². The van der Waals surface area contributed by atoms with Crippen molar-refractivity contribution in [1.82, 2.24) is 5.32 Å². The van der Waals surface area contributed by atoms with Crippen LogP contribution in [0.1, 0.15) is 251 Å². The third-order valence-corrected chi connectivity index (χ3v) is 12.7. The van der Waals surface area contributed by atoms with E-state index in [-0.39, 0.29) is 19.1 Å². The maximum Gasteiger partial charge on any atom is 0.268 e. The number of carbonyl (C=O) groups is 1. The molecule has 0 aliphatic rings. The zero-order valence-corrected chi connectivity index (χ0v) is 40.9. The van der Waals surface area contributed by atoms with E-state index in [9.17, 15) is 19.4 Å². The predicted molar refractivity (Wildman–Crippen MR) is 252 cm³/mol. The summed E-state index contributed by atoms with van der Waals surface area (Å²) in [6.45, 7) is 4.64. The summed E-state index contributed by atoms with van der Waals surface area (Å²) in [7, 11) is 1.27. The molecule has 3 unspecified atom stereocenters. The molecule has 0 bridgehead atoms. The molecular weight excluding hydrogens is 756 g/mol. The van der Waals surface area contributed by atoms with Crippen molar-refractivity contribution in [2.45, 2.75) is 264 Å². The number of aliphatic hydroxyl groups is 1. The number of carbonyl (C=O) groups excluding carboxylic acids is 1. The van der Waals surface area contributed by atoms with Crippen LogP contribution in [0.2, 0.25) is 0 Å². The molecule has 0 saturated heterocycles. The van der Waals surface area contributed by atoms with Crippen molar-refractivity contribution in [3.8, 4) is 0 Å². The highest BCUT2D eigenvalue weighted by atomic mass is 31.2. The molecule has 0 aromatic rings. The number of rotatable bonds is 47. The standard InChI is InChI=1S/C50H101N2O6P/c1-6-8-10-12-14-16-17-18-19-20-21-22-23-24-25-26-27-28-29-30-31-32-33-34-36-38-40-42-44-50(54)51-48(47-58-59(55,56)57-46-45-52(3,4)5)49(53)43-41-39-37-35-15-13-11-9-7-2/h41,43,48-49,53H,6-40,42,44-47H2,1-5H3,(H-,51,54,55,56)/b43-41+. The van der Waals surface area contributed by atoms with E-state index in [1.165, 1.54) is 193 Å². The SMILES string of the molecule is CCCCCCCCC/C=C/C(O)C(COP(=O)([O-])OCC[N+](C)(C)C)NC(=O)CCCCCCCCCCCCCCCCCCCCCCCCCCCCCC. The van der Waals surface area contributed by atoms with Gasteiger partial charge in [-0.1, -0.05) is 238 Å². The fourth-order valence-electron chi connectivity index (χ4n) is 7.68. The average molecular weight is 857 g/mol. The van der Waals surface area contributed by atoms with Crippen molar-refractivity contribution >= 4 is 13.7 Å². The molecule has 8 nitrogen and oxygen atoms in total. The largest absolute Gasteiger partial charge is 0.756 e. The molecule has 0 spiro atoms. The third-order valence-electron chi connectivity index (χ3n) is 11.7. The predicted octanol–water partition coefficient (Wildman–Crippen LogP) is 14.1. The summed E-state index contributed by atoms with van der Waals surface area (Å²) in [5.74, 6) is -0.195. The highest BCUT2D eigenvalue weighted by Crippen LogP contribution is 2.38. The van der Waals surface area contributed by atoms with Crippen LogP contribution in [-0.2, 0) is 18.4 Å². The van der Waals surface area contributed by atoms with Gasteiger partial charge in [0, 0.05) is 6.42 Å². The van der Waals surface area contributed by atoms with Gasteiger partial charge >= 0.3 is 0 Å². The molecule has 59 heavy (non-hydrogen) atoms. The highest BCUT2D eigenvalue weighted by molar-refractivity contribution is 7.45. The van der Waals surface area contributed by atoms with E-state index in [1.54, 1.807) is 6.08 Å². The smallest absolute Gasteiger partial charge is 0.268 e. The normalized spacial score (nSPS) is 14.2. The Bertz CT molecular complexity index is 974. The Kier molecular flexibility index (Phi) is 42.0. The van der Waals surface area contributed by atoms with Crippen LogP contribution in [0.5, 0.6) is 0 Å². The minimum atomic E-state index is -4.58. The average Bonchev–Trinajstić information content (AvgIpc) is 3.19.